The predicted molar refractivity (Wildman–Crippen MR) is 48.2 cm³/mol. The van der Waals surface area contributed by atoms with Crippen LogP contribution in [0.4, 0.5) is 5.13 Å². The Bertz CT molecular complexity index is 304. The van der Waals surface area contributed by atoms with Crippen molar-refractivity contribution < 1.29 is 4.79 Å². The van der Waals surface area contributed by atoms with Gasteiger partial charge in [-0.2, -0.15) is 0 Å². The Kier molecular flexibility index (Phi) is 1.84. The Morgan fingerprint density at radius 3 is 3.00 bits per heavy atom. The first kappa shape index (κ1) is 7.73. The van der Waals surface area contributed by atoms with Crippen molar-refractivity contribution in [3.63, 3.8) is 0 Å². The minimum atomic E-state index is 0.129. The molecule has 12 heavy (non-hydrogen) atoms. The van der Waals surface area contributed by atoms with E-state index in [0.29, 0.717) is 0 Å². The maximum atomic E-state index is 11.2. The number of nitrogens with zero attached hydrogens (tertiary/aromatic N) is 1. The van der Waals surface area contributed by atoms with Gasteiger partial charge in [-0.05, 0) is 19.8 Å². The molecule has 1 aliphatic rings. The molecule has 1 aliphatic carbocycles. The van der Waals surface area contributed by atoms with Gasteiger partial charge in [-0.3, -0.25) is 4.79 Å². The van der Waals surface area contributed by atoms with E-state index < -0.39 is 0 Å². The zero-order valence-corrected chi connectivity index (χ0v) is 7.65. The molecular formula is C8H10N2OS. The second kappa shape index (κ2) is 2.86. The number of rotatable bonds is 2. The van der Waals surface area contributed by atoms with E-state index in [-0.39, 0.29) is 11.8 Å². The summed E-state index contributed by atoms with van der Waals surface area (Å²) < 4.78 is 0. The molecule has 64 valence electrons. The molecule has 0 aromatic carbocycles. The van der Waals surface area contributed by atoms with Crippen molar-refractivity contribution in [2.75, 3.05) is 5.32 Å². The normalized spacial score (nSPS) is 16.1. The van der Waals surface area contributed by atoms with Gasteiger partial charge >= 0.3 is 0 Å². The largest absolute Gasteiger partial charge is 0.302 e. The van der Waals surface area contributed by atoms with Crippen molar-refractivity contribution in [1.29, 1.82) is 0 Å². The van der Waals surface area contributed by atoms with E-state index in [1.165, 1.54) is 11.3 Å². The number of anilines is 1. The molecule has 1 aromatic heterocycles. The summed E-state index contributed by atoms with van der Waals surface area (Å²) in [6.07, 6.45) is 3.85. The summed E-state index contributed by atoms with van der Waals surface area (Å²) in [7, 11) is 0. The summed E-state index contributed by atoms with van der Waals surface area (Å²) in [6.45, 7) is 1.98. The standard InChI is InChI=1S/C8H10N2OS/c1-5-4-9-8(12-5)10-7(11)6-2-3-6/h4,6H,2-3H2,1H3,(H,9,10,11). The monoisotopic (exact) mass is 182 g/mol. The second-order valence-corrected chi connectivity index (χ2v) is 4.27. The van der Waals surface area contributed by atoms with Crippen molar-refractivity contribution in [3.05, 3.63) is 11.1 Å². The van der Waals surface area contributed by atoms with Gasteiger partial charge in [0, 0.05) is 17.0 Å². The average Bonchev–Trinajstić information content (AvgIpc) is 2.78. The number of amides is 1. The summed E-state index contributed by atoms with van der Waals surface area (Å²) in [5, 5.41) is 3.52. The number of aryl methyl sites for hydroxylation is 1. The maximum Gasteiger partial charge on any atom is 0.229 e. The van der Waals surface area contributed by atoms with Gasteiger partial charge < -0.3 is 5.32 Å². The Morgan fingerprint density at radius 2 is 2.50 bits per heavy atom. The lowest BCUT2D eigenvalue weighted by Gasteiger charge is -1.96. The van der Waals surface area contributed by atoms with Crippen molar-refractivity contribution in [1.82, 2.24) is 4.98 Å². The molecule has 2 rings (SSSR count). The molecule has 1 heterocycles. The van der Waals surface area contributed by atoms with Crippen LogP contribution >= 0.6 is 11.3 Å². The lowest BCUT2D eigenvalue weighted by molar-refractivity contribution is -0.117. The van der Waals surface area contributed by atoms with E-state index in [1.807, 2.05) is 6.92 Å². The smallest absolute Gasteiger partial charge is 0.229 e. The van der Waals surface area contributed by atoms with Crippen LogP contribution in [0.2, 0.25) is 0 Å². The first-order valence-electron chi connectivity index (χ1n) is 3.99. The molecule has 1 saturated carbocycles. The van der Waals surface area contributed by atoms with Gasteiger partial charge in [0.15, 0.2) is 5.13 Å². The Morgan fingerprint density at radius 1 is 1.75 bits per heavy atom. The number of thiazole rings is 1. The van der Waals surface area contributed by atoms with Crippen molar-refractivity contribution in [3.8, 4) is 0 Å². The number of carbonyl (C=O) groups excluding carboxylic acids is 1. The Labute approximate surface area is 74.8 Å². The quantitative estimate of drug-likeness (QED) is 0.757. The Balaban J connectivity index is 1.98. The molecule has 0 spiro atoms. The number of carbonyl (C=O) groups is 1. The van der Waals surface area contributed by atoms with Crippen LogP contribution in [0.15, 0.2) is 6.20 Å². The van der Waals surface area contributed by atoms with E-state index in [0.717, 1.165) is 22.9 Å². The molecule has 0 radical (unpaired) electrons. The fourth-order valence-corrected chi connectivity index (χ4v) is 1.63. The van der Waals surface area contributed by atoms with Gasteiger partial charge in [-0.1, -0.05) is 0 Å². The van der Waals surface area contributed by atoms with E-state index in [2.05, 4.69) is 10.3 Å². The molecule has 3 nitrogen and oxygen atoms in total. The molecule has 0 saturated heterocycles. The highest BCUT2D eigenvalue weighted by Crippen LogP contribution is 2.30. The van der Waals surface area contributed by atoms with Crippen LogP contribution in [-0.2, 0) is 4.79 Å². The van der Waals surface area contributed by atoms with Gasteiger partial charge in [-0.15, -0.1) is 11.3 Å². The van der Waals surface area contributed by atoms with Crippen LogP contribution in [0.1, 0.15) is 17.7 Å². The zero-order valence-electron chi connectivity index (χ0n) is 6.83. The second-order valence-electron chi connectivity index (χ2n) is 3.04. The molecule has 0 aliphatic heterocycles. The van der Waals surface area contributed by atoms with Crippen LogP contribution in [0.25, 0.3) is 0 Å². The molecule has 0 unspecified atom stereocenters. The van der Waals surface area contributed by atoms with Crippen LogP contribution < -0.4 is 5.32 Å². The first-order valence-corrected chi connectivity index (χ1v) is 4.80. The lowest BCUT2D eigenvalue weighted by Crippen LogP contribution is -2.12. The predicted octanol–water partition coefficient (Wildman–Crippen LogP) is 1.80. The van der Waals surface area contributed by atoms with Crippen LogP contribution in [0, 0.1) is 12.8 Å². The molecule has 0 atom stereocenters. The molecule has 4 heteroatoms. The average molecular weight is 182 g/mol. The number of aromatic nitrogens is 1. The van der Waals surface area contributed by atoms with E-state index in [1.54, 1.807) is 6.20 Å². The van der Waals surface area contributed by atoms with E-state index in [9.17, 15) is 4.79 Å². The third kappa shape index (κ3) is 1.64. The summed E-state index contributed by atoms with van der Waals surface area (Å²) in [5.41, 5.74) is 0. The maximum absolute atomic E-state index is 11.2. The van der Waals surface area contributed by atoms with Crippen molar-refractivity contribution in [2.45, 2.75) is 19.8 Å². The summed E-state index contributed by atoms with van der Waals surface area (Å²) >= 11 is 1.52. The fourth-order valence-electron chi connectivity index (χ4n) is 0.965. The third-order valence-corrected chi connectivity index (χ3v) is 2.63. The van der Waals surface area contributed by atoms with Crippen molar-refractivity contribution in [2.24, 2.45) is 5.92 Å². The summed E-state index contributed by atoms with van der Waals surface area (Å²) in [5.74, 6) is 0.388. The lowest BCUT2D eigenvalue weighted by atomic mass is 10.4. The van der Waals surface area contributed by atoms with Crippen LogP contribution in [-0.4, -0.2) is 10.9 Å². The summed E-state index contributed by atoms with van der Waals surface area (Å²) in [6, 6.07) is 0. The molecule has 1 amide bonds. The molecule has 1 N–H and O–H groups in total. The van der Waals surface area contributed by atoms with Gasteiger partial charge in [0.2, 0.25) is 5.91 Å². The summed E-state index contributed by atoms with van der Waals surface area (Å²) in [4.78, 5) is 16.4. The van der Waals surface area contributed by atoms with E-state index in [4.69, 9.17) is 0 Å². The van der Waals surface area contributed by atoms with Gasteiger partial charge in [0.05, 0.1) is 0 Å². The SMILES string of the molecule is Cc1cnc(NC(=O)C2CC2)s1. The number of hydrogen-bond acceptors (Lipinski definition) is 3. The topological polar surface area (TPSA) is 42.0 Å². The van der Waals surface area contributed by atoms with E-state index >= 15 is 0 Å². The molecule has 1 aromatic rings. The number of hydrogen-bond donors (Lipinski definition) is 1. The highest BCUT2D eigenvalue weighted by molar-refractivity contribution is 7.15. The molecular weight excluding hydrogens is 172 g/mol. The van der Waals surface area contributed by atoms with Crippen molar-refractivity contribution >= 4 is 22.4 Å². The van der Waals surface area contributed by atoms with Gasteiger partial charge in [-0.25, -0.2) is 4.98 Å². The highest BCUT2D eigenvalue weighted by atomic mass is 32.1. The first-order chi connectivity index (χ1) is 5.75. The van der Waals surface area contributed by atoms with Gasteiger partial charge in [0.1, 0.15) is 0 Å². The Hall–Kier alpha value is -0.900. The fraction of sp³-hybridized carbons (Fsp3) is 0.500. The molecule has 1 fully saturated rings. The third-order valence-electron chi connectivity index (χ3n) is 1.80. The molecule has 0 bridgehead atoms. The minimum Gasteiger partial charge on any atom is -0.302 e. The zero-order chi connectivity index (χ0) is 8.55. The van der Waals surface area contributed by atoms with Crippen LogP contribution in [0.3, 0.4) is 0 Å². The number of nitrogens with one attached hydrogen (secondary N) is 1. The minimum absolute atomic E-state index is 0.129. The highest BCUT2D eigenvalue weighted by Gasteiger charge is 2.29. The van der Waals surface area contributed by atoms with Gasteiger partial charge in [0.25, 0.3) is 0 Å². The van der Waals surface area contributed by atoms with Crippen LogP contribution in [0.5, 0.6) is 0 Å².